The molecule has 0 radical (unpaired) electrons. The SMILES string of the molecule is CC#CCOc1ccc(S(=O)(=O)C(C(=O)OCC)c2ccccc2)cc1. The van der Waals surface area contributed by atoms with E-state index in [1.54, 1.807) is 44.2 Å². The number of hydrogen-bond acceptors (Lipinski definition) is 5. The predicted molar refractivity (Wildman–Crippen MR) is 98.4 cm³/mol. The van der Waals surface area contributed by atoms with E-state index < -0.39 is 21.1 Å². The smallest absolute Gasteiger partial charge is 0.329 e. The second kappa shape index (κ2) is 9.07. The number of benzene rings is 2. The normalized spacial score (nSPS) is 11.8. The molecule has 1 atom stereocenters. The molecule has 26 heavy (non-hydrogen) atoms. The summed E-state index contributed by atoms with van der Waals surface area (Å²) in [5.74, 6) is 5.17. The number of sulfone groups is 1. The summed E-state index contributed by atoms with van der Waals surface area (Å²) in [4.78, 5) is 12.4. The first-order valence-corrected chi connectivity index (χ1v) is 9.63. The number of hydrogen-bond donors (Lipinski definition) is 0. The highest BCUT2D eigenvalue weighted by Gasteiger charge is 2.36. The van der Waals surface area contributed by atoms with Gasteiger partial charge >= 0.3 is 5.97 Å². The second-order valence-corrected chi connectivity index (χ2v) is 7.31. The van der Waals surface area contributed by atoms with Crippen LogP contribution in [0.5, 0.6) is 5.75 Å². The molecule has 6 heteroatoms. The molecule has 2 aromatic rings. The highest BCUT2D eigenvalue weighted by Crippen LogP contribution is 2.31. The molecule has 0 heterocycles. The molecule has 0 aliphatic carbocycles. The Labute approximate surface area is 153 Å². The topological polar surface area (TPSA) is 69.7 Å². The lowest BCUT2D eigenvalue weighted by atomic mass is 10.1. The van der Waals surface area contributed by atoms with Crippen LogP contribution < -0.4 is 4.74 Å². The predicted octanol–water partition coefficient (Wildman–Crippen LogP) is 3.17. The Morgan fingerprint density at radius 3 is 2.31 bits per heavy atom. The zero-order valence-corrected chi connectivity index (χ0v) is 15.5. The Morgan fingerprint density at radius 1 is 1.08 bits per heavy atom. The van der Waals surface area contributed by atoms with Crippen molar-refractivity contribution >= 4 is 15.8 Å². The summed E-state index contributed by atoms with van der Waals surface area (Å²) in [5, 5.41) is -1.42. The highest BCUT2D eigenvalue weighted by atomic mass is 32.2. The highest BCUT2D eigenvalue weighted by molar-refractivity contribution is 7.92. The largest absolute Gasteiger partial charge is 0.481 e. The Kier molecular flexibility index (Phi) is 6.81. The van der Waals surface area contributed by atoms with Crippen LogP contribution in [-0.2, 0) is 19.4 Å². The van der Waals surface area contributed by atoms with Crippen LogP contribution in [0.2, 0.25) is 0 Å². The summed E-state index contributed by atoms with van der Waals surface area (Å²) >= 11 is 0. The van der Waals surface area contributed by atoms with Crippen molar-refractivity contribution in [3.8, 4) is 17.6 Å². The van der Waals surface area contributed by atoms with Crippen LogP contribution in [0.15, 0.2) is 59.5 Å². The third kappa shape index (κ3) is 4.64. The Balaban J connectivity index is 2.36. The molecule has 0 spiro atoms. The van der Waals surface area contributed by atoms with Gasteiger partial charge < -0.3 is 9.47 Å². The van der Waals surface area contributed by atoms with E-state index in [0.29, 0.717) is 11.3 Å². The average Bonchev–Trinajstić information content (AvgIpc) is 2.63. The van der Waals surface area contributed by atoms with E-state index in [9.17, 15) is 13.2 Å². The maximum Gasteiger partial charge on any atom is 0.329 e. The number of rotatable bonds is 7. The van der Waals surface area contributed by atoms with E-state index >= 15 is 0 Å². The van der Waals surface area contributed by atoms with E-state index in [2.05, 4.69) is 11.8 Å². The summed E-state index contributed by atoms with van der Waals surface area (Å²) < 4.78 is 36.5. The standard InChI is InChI=1S/C20H20O5S/c1-3-5-15-25-17-11-13-18(14-12-17)26(22,23)19(20(21)24-4-2)16-9-7-6-8-10-16/h6-14,19H,4,15H2,1-2H3. The molecule has 0 aliphatic rings. The molecule has 0 N–H and O–H groups in total. The summed E-state index contributed by atoms with van der Waals surface area (Å²) in [7, 11) is -3.98. The second-order valence-electron chi connectivity index (χ2n) is 5.27. The van der Waals surface area contributed by atoms with Gasteiger partial charge in [-0.25, -0.2) is 8.42 Å². The Morgan fingerprint density at radius 2 is 1.73 bits per heavy atom. The van der Waals surface area contributed by atoms with Crippen LogP contribution in [-0.4, -0.2) is 27.6 Å². The minimum atomic E-state index is -3.98. The molecule has 1 unspecified atom stereocenters. The number of esters is 1. The zero-order chi connectivity index (χ0) is 19.0. The Bertz CT molecular complexity index is 891. The first kappa shape index (κ1) is 19.5. The maximum atomic E-state index is 13.1. The lowest BCUT2D eigenvalue weighted by molar-refractivity contribution is -0.142. The van der Waals surface area contributed by atoms with Crippen molar-refractivity contribution in [1.82, 2.24) is 0 Å². The van der Waals surface area contributed by atoms with Gasteiger partial charge in [0.05, 0.1) is 11.5 Å². The van der Waals surface area contributed by atoms with Gasteiger partial charge in [-0.2, -0.15) is 0 Å². The van der Waals surface area contributed by atoms with Crippen molar-refractivity contribution in [2.75, 3.05) is 13.2 Å². The first-order chi connectivity index (χ1) is 12.5. The van der Waals surface area contributed by atoms with E-state index in [1.807, 2.05) is 0 Å². The molecular weight excluding hydrogens is 352 g/mol. The van der Waals surface area contributed by atoms with Crippen molar-refractivity contribution in [3.63, 3.8) is 0 Å². The maximum absolute atomic E-state index is 13.1. The lowest BCUT2D eigenvalue weighted by Crippen LogP contribution is -2.24. The van der Waals surface area contributed by atoms with Gasteiger partial charge in [-0.3, -0.25) is 4.79 Å². The van der Waals surface area contributed by atoms with Crippen LogP contribution in [0.1, 0.15) is 24.7 Å². The molecule has 5 nitrogen and oxygen atoms in total. The quantitative estimate of drug-likeness (QED) is 0.552. The van der Waals surface area contributed by atoms with Crippen molar-refractivity contribution in [2.45, 2.75) is 24.0 Å². The molecule has 0 bridgehead atoms. The minimum absolute atomic E-state index is 0.0216. The summed E-state index contributed by atoms with van der Waals surface area (Å²) in [5.41, 5.74) is 0.365. The van der Waals surface area contributed by atoms with E-state index in [1.165, 1.54) is 24.3 Å². The van der Waals surface area contributed by atoms with Crippen molar-refractivity contribution in [2.24, 2.45) is 0 Å². The van der Waals surface area contributed by atoms with Gasteiger partial charge in [-0.15, -0.1) is 5.92 Å². The van der Waals surface area contributed by atoms with Crippen molar-refractivity contribution < 1.29 is 22.7 Å². The van der Waals surface area contributed by atoms with E-state index in [4.69, 9.17) is 9.47 Å². The molecule has 2 aromatic carbocycles. The lowest BCUT2D eigenvalue weighted by Gasteiger charge is -2.17. The fourth-order valence-electron chi connectivity index (χ4n) is 2.34. The molecule has 136 valence electrons. The van der Waals surface area contributed by atoms with Gasteiger partial charge in [0.2, 0.25) is 0 Å². The Hall–Kier alpha value is -2.78. The fourth-order valence-corrected chi connectivity index (χ4v) is 3.97. The van der Waals surface area contributed by atoms with Gasteiger partial charge in [0, 0.05) is 0 Å². The van der Waals surface area contributed by atoms with Crippen molar-refractivity contribution in [3.05, 3.63) is 60.2 Å². The minimum Gasteiger partial charge on any atom is -0.481 e. The van der Waals surface area contributed by atoms with Crippen LogP contribution in [0, 0.1) is 11.8 Å². The molecule has 0 saturated heterocycles. The van der Waals surface area contributed by atoms with Crippen LogP contribution in [0.25, 0.3) is 0 Å². The van der Waals surface area contributed by atoms with E-state index in [-0.39, 0.29) is 18.1 Å². The number of carbonyl (C=O) groups excluding carboxylic acids is 1. The molecule has 0 aromatic heterocycles. The summed E-state index contributed by atoms with van der Waals surface area (Å²) in [6.07, 6.45) is 0. The third-order valence-electron chi connectivity index (χ3n) is 3.55. The monoisotopic (exact) mass is 372 g/mol. The fraction of sp³-hybridized carbons (Fsp3) is 0.250. The molecule has 2 rings (SSSR count). The zero-order valence-electron chi connectivity index (χ0n) is 14.6. The van der Waals surface area contributed by atoms with Crippen molar-refractivity contribution in [1.29, 1.82) is 0 Å². The van der Waals surface area contributed by atoms with Crippen LogP contribution in [0.4, 0.5) is 0 Å². The number of carbonyl (C=O) groups is 1. The first-order valence-electron chi connectivity index (χ1n) is 8.08. The van der Waals surface area contributed by atoms with Crippen LogP contribution in [0.3, 0.4) is 0 Å². The summed E-state index contributed by atoms with van der Waals surface area (Å²) in [6, 6.07) is 14.2. The molecule has 0 amide bonds. The molecule has 0 aliphatic heterocycles. The summed E-state index contributed by atoms with van der Waals surface area (Å²) in [6.45, 7) is 3.66. The number of ether oxygens (including phenoxy) is 2. The van der Waals surface area contributed by atoms with Gasteiger partial charge in [-0.05, 0) is 43.7 Å². The van der Waals surface area contributed by atoms with Gasteiger partial charge in [-0.1, -0.05) is 36.3 Å². The van der Waals surface area contributed by atoms with Gasteiger partial charge in [0.1, 0.15) is 12.4 Å². The van der Waals surface area contributed by atoms with Gasteiger partial charge in [0.25, 0.3) is 0 Å². The van der Waals surface area contributed by atoms with Gasteiger partial charge in [0.15, 0.2) is 15.1 Å². The van der Waals surface area contributed by atoms with E-state index in [0.717, 1.165) is 0 Å². The molecule has 0 fully saturated rings. The average molecular weight is 372 g/mol. The van der Waals surface area contributed by atoms with Crippen LogP contribution >= 0.6 is 0 Å². The molecular formula is C20H20O5S. The molecule has 0 saturated carbocycles. The third-order valence-corrected chi connectivity index (χ3v) is 5.57.